The van der Waals surface area contributed by atoms with Crippen molar-refractivity contribution in [2.24, 2.45) is 0 Å². The van der Waals surface area contributed by atoms with Crippen LogP contribution in [0.3, 0.4) is 0 Å². The molecule has 0 aliphatic heterocycles. The normalized spacial score (nSPS) is 11.8. The van der Waals surface area contributed by atoms with Crippen molar-refractivity contribution in [1.82, 2.24) is 10.3 Å². The van der Waals surface area contributed by atoms with Gasteiger partial charge in [-0.2, -0.15) is 0 Å². The van der Waals surface area contributed by atoms with Crippen LogP contribution in [0.25, 0.3) is 10.9 Å². The van der Waals surface area contributed by atoms with Gasteiger partial charge in [-0.05, 0) is 43.3 Å². The quantitative estimate of drug-likeness (QED) is 0.527. The molecule has 0 saturated heterocycles. The molecule has 29 heavy (non-hydrogen) atoms. The first-order chi connectivity index (χ1) is 14.1. The number of hydrogen-bond donors (Lipinski definition) is 2. The van der Waals surface area contributed by atoms with E-state index in [1.54, 1.807) is 17.9 Å². The summed E-state index contributed by atoms with van der Waals surface area (Å²) in [6, 6.07) is 27.6. The Morgan fingerprint density at radius 2 is 1.38 bits per heavy atom. The minimum Gasteiger partial charge on any atom is -0.351 e. The monoisotopic (exact) mass is 383 g/mol. The lowest BCUT2D eigenvalue weighted by Crippen LogP contribution is -2.45. The third-order valence-corrected chi connectivity index (χ3v) is 4.74. The fourth-order valence-electron chi connectivity index (χ4n) is 3.28. The van der Waals surface area contributed by atoms with E-state index in [0.29, 0.717) is 5.69 Å². The molecule has 4 aromatic rings. The topological polar surface area (TPSA) is 65.2 Å². The molecule has 1 aromatic heterocycles. The van der Waals surface area contributed by atoms with Crippen molar-refractivity contribution in [3.8, 4) is 0 Å². The number of nitrogens with one attached hydrogen (secondary N) is 2. The molecule has 1 unspecified atom stereocenters. The van der Waals surface area contributed by atoms with Gasteiger partial charge in [0.25, 0.3) is 11.8 Å². The second-order valence-corrected chi connectivity index (χ2v) is 6.81. The zero-order valence-electron chi connectivity index (χ0n) is 16.0. The first-order valence-electron chi connectivity index (χ1n) is 9.46. The van der Waals surface area contributed by atoms with Crippen LogP contribution >= 0.6 is 0 Å². The largest absolute Gasteiger partial charge is 0.351 e. The number of carbonyl (C=O) groups excluding carboxylic acids is 2. The van der Waals surface area contributed by atoms with Crippen LogP contribution < -0.4 is 10.2 Å². The van der Waals surface area contributed by atoms with Crippen molar-refractivity contribution in [3.05, 3.63) is 96.7 Å². The zero-order valence-corrected chi connectivity index (χ0v) is 16.0. The zero-order chi connectivity index (χ0) is 20.2. The first-order valence-corrected chi connectivity index (χ1v) is 9.46. The molecule has 0 aliphatic carbocycles. The van der Waals surface area contributed by atoms with Gasteiger partial charge in [-0.1, -0.05) is 54.6 Å². The van der Waals surface area contributed by atoms with E-state index in [-0.39, 0.29) is 11.8 Å². The lowest BCUT2D eigenvalue weighted by molar-refractivity contribution is -0.119. The summed E-state index contributed by atoms with van der Waals surface area (Å²) >= 11 is 0. The SMILES string of the molecule is CC(NC(=O)c1cc2ccccc2[nH]1)C(=O)N(c1ccccc1)c1ccccc1. The fraction of sp³-hybridized carbons (Fsp3) is 0.0833. The second kappa shape index (κ2) is 8.02. The van der Waals surface area contributed by atoms with Crippen molar-refractivity contribution in [2.45, 2.75) is 13.0 Å². The third-order valence-electron chi connectivity index (χ3n) is 4.74. The summed E-state index contributed by atoms with van der Waals surface area (Å²) in [6.07, 6.45) is 0. The van der Waals surface area contributed by atoms with Crippen molar-refractivity contribution in [1.29, 1.82) is 0 Å². The van der Waals surface area contributed by atoms with E-state index in [0.717, 1.165) is 22.3 Å². The van der Waals surface area contributed by atoms with Crippen LogP contribution in [-0.2, 0) is 4.79 Å². The van der Waals surface area contributed by atoms with E-state index in [9.17, 15) is 9.59 Å². The molecule has 0 aliphatic rings. The molecule has 4 rings (SSSR count). The smallest absolute Gasteiger partial charge is 0.268 e. The predicted molar refractivity (Wildman–Crippen MR) is 115 cm³/mol. The maximum atomic E-state index is 13.3. The van der Waals surface area contributed by atoms with Crippen LogP contribution in [0.4, 0.5) is 11.4 Å². The molecule has 2 N–H and O–H groups in total. The molecule has 0 bridgehead atoms. The number of amides is 2. The average molecular weight is 383 g/mol. The number of H-pyrrole nitrogens is 1. The Bertz CT molecular complexity index is 1060. The fourth-order valence-corrected chi connectivity index (χ4v) is 3.28. The van der Waals surface area contributed by atoms with Crippen molar-refractivity contribution in [3.63, 3.8) is 0 Å². The minimum absolute atomic E-state index is 0.216. The van der Waals surface area contributed by atoms with Crippen LogP contribution in [0.15, 0.2) is 91.0 Å². The van der Waals surface area contributed by atoms with Gasteiger partial charge in [0.05, 0.1) is 0 Å². The highest BCUT2D eigenvalue weighted by molar-refractivity contribution is 6.06. The molecule has 0 saturated carbocycles. The van der Waals surface area contributed by atoms with E-state index >= 15 is 0 Å². The summed E-state index contributed by atoms with van der Waals surface area (Å²) in [5.74, 6) is -0.532. The summed E-state index contributed by atoms with van der Waals surface area (Å²) in [5.41, 5.74) is 2.80. The number of nitrogens with zero attached hydrogens (tertiary/aromatic N) is 1. The Morgan fingerprint density at radius 3 is 1.97 bits per heavy atom. The van der Waals surface area contributed by atoms with E-state index in [1.165, 1.54) is 0 Å². The average Bonchev–Trinajstić information content (AvgIpc) is 3.20. The van der Waals surface area contributed by atoms with Crippen LogP contribution in [0.2, 0.25) is 0 Å². The summed E-state index contributed by atoms with van der Waals surface area (Å²) < 4.78 is 0. The number of rotatable bonds is 5. The van der Waals surface area contributed by atoms with Crippen LogP contribution in [0.1, 0.15) is 17.4 Å². The molecule has 3 aromatic carbocycles. The van der Waals surface area contributed by atoms with Gasteiger partial charge in [0.2, 0.25) is 0 Å². The summed E-state index contributed by atoms with van der Waals surface area (Å²) in [6.45, 7) is 1.70. The first kappa shape index (κ1) is 18.5. The van der Waals surface area contributed by atoms with Crippen molar-refractivity contribution in [2.75, 3.05) is 4.90 Å². The van der Waals surface area contributed by atoms with Gasteiger partial charge < -0.3 is 10.3 Å². The molecule has 2 amide bonds. The molecule has 0 spiro atoms. The number of fused-ring (bicyclic) bond motifs is 1. The Morgan fingerprint density at radius 1 is 0.828 bits per heavy atom. The van der Waals surface area contributed by atoms with Gasteiger partial charge in [-0.25, -0.2) is 0 Å². The molecule has 5 nitrogen and oxygen atoms in total. The molecule has 0 radical (unpaired) electrons. The van der Waals surface area contributed by atoms with Crippen molar-refractivity contribution >= 4 is 34.1 Å². The lowest BCUT2D eigenvalue weighted by Gasteiger charge is -2.26. The van der Waals surface area contributed by atoms with Crippen LogP contribution in [0.5, 0.6) is 0 Å². The number of aromatic amines is 1. The molecule has 144 valence electrons. The van der Waals surface area contributed by atoms with Gasteiger partial charge >= 0.3 is 0 Å². The molecule has 5 heteroatoms. The number of aromatic nitrogens is 1. The number of benzene rings is 3. The molecular weight excluding hydrogens is 362 g/mol. The summed E-state index contributed by atoms with van der Waals surface area (Å²) in [5, 5.41) is 3.77. The minimum atomic E-state index is -0.714. The maximum absolute atomic E-state index is 13.3. The molecular formula is C24H21N3O2. The van der Waals surface area contributed by atoms with Gasteiger partial charge in [0.15, 0.2) is 0 Å². The van der Waals surface area contributed by atoms with Gasteiger partial charge in [0.1, 0.15) is 11.7 Å². The highest BCUT2D eigenvalue weighted by Gasteiger charge is 2.25. The van der Waals surface area contributed by atoms with Crippen LogP contribution in [0, 0.1) is 0 Å². The van der Waals surface area contributed by atoms with E-state index in [2.05, 4.69) is 10.3 Å². The second-order valence-electron chi connectivity index (χ2n) is 6.81. The summed E-state index contributed by atoms with van der Waals surface area (Å²) in [4.78, 5) is 30.7. The number of anilines is 2. The van der Waals surface area contributed by atoms with Gasteiger partial charge in [-0.15, -0.1) is 0 Å². The molecule has 1 heterocycles. The Labute approximate surface area is 169 Å². The number of carbonyl (C=O) groups is 2. The van der Waals surface area contributed by atoms with Gasteiger partial charge in [-0.3, -0.25) is 14.5 Å². The molecule has 1 atom stereocenters. The Hall–Kier alpha value is -3.86. The summed E-state index contributed by atoms with van der Waals surface area (Å²) in [7, 11) is 0. The molecule has 0 fully saturated rings. The maximum Gasteiger partial charge on any atom is 0.268 e. The number of hydrogen-bond acceptors (Lipinski definition) is 2. The highest BCUT2D eigenvalue weighted by Crippen LogP contribution is 2.26. The van der Waals surface area contributed by atoms with E-state index in [1.807, 2.05) is 84.9 Å². The Balaban J connectivity index is 1.58. The van der Waals surface area contributed by atoms with E-state index in [4.69, 9.17) is 0 Å². The predicted octanol–water partition coefficient (Wildman–Crippen LogP) is 4.65. The van der Waals surface area contributed by atoms with Gasteiger partial charge in [0, 0.05) is 22.3 Å². The Kier molecular flexibility index (Phi) is 5.12. The highest BCUT2D eigenvalue weighted by atomic mass is 16.2. The van der Waals surface area contributed by atoms with Crippen molar-refractivity contribution < 1.29 is 9.59 Å². The standard InChI is InChI=1S/C24H21N3O2/c1-17(25-23(28)22-16-18-10-8-9-15-21(18)26-22)24(29)27(19-11-4-2-5-12-19)20-13-6-3-7-14-20/h2-17,26H,1H3,(H,25,28). The third kappa shape index (κ3) is 3.89. The van der Waals surface area contributed by atoms with E-state index < -0.39 is 6.04 Å². The number of para-hydroxylation sites is 3. The lowest BCUT2D eigenvalue weighted by atomic mass is 10.2. The van der Waals surface area contributed by atoms with Crippen LogP contribution in [-0.4, -0.2) is 22.8 Å².